The molecule has 0 saturated carbocycles. The van der Waals surface area contributed by atoms with Gasteiger partial charge in [0.2, 0.25) is 0 Å². The first kappa shape index (κ1) is 33.1. The molecule has 0 aliphatic rings. The molecule has 0 atom stereocenters. The largest absolute Gasteiger partial charge is 0.493 e. The Balaban J connectivity index is 2.07. The molecule has 0 saturated heterocycles. The molecule has 0 aliphatic carbocycles. The molecule has 2 nitrogen and oxygen atoms in total. The molecule has 2 aromatic rings. The summed E-state index contributed by atoms with van der Waals surface area (Å²) in [6.07, 6.45) is 24.1. The summed E-state index contributed by atoms with van der Waals surface area (Å²) in [5.74, 6) is 1.95. The molecule has 3 heteroatoms. The maximum absolute atomic E-state index is 6.43. The van der Waals surface area contributed by atoms with Gasteiger partial charge in [0.15, 0.2) is 0 Å². The predicted molar refractivity (Wildman–Crippen MR) is 175 cm³/mol. The number of hydrogen-bond acceptors (Lipinski definition) is 3. The van der Waals surface area contributed by atoms with Crippen LogP contribution in [0.15, 0.2) is 48.5 Å². The minimum atomic E-state index is 0.761. The lowest BCUT2D eigenvalue weighted by Gasteiger charge is -2.18. The van der Waals surface area contributed by atoms with Crippen LogP contribution in [-0.2, 0) is 6.42 Å². The molecule has 0 radical (unpaired) electrons. The number of thiocarbonyl (C=S) groups is 1. The molecule has 39 heavy (non-hydrogen) atoms. The number of benzene rings is 2. The van der Waals surface area contributed by atoms with Crippen molar-refractivity contribution >= 4 is 23.2 Å². The molecule has 0 fully saturated rings. The van der Waals surface area contributed by atoms with E-state index in [-0.39, 0.29) is 0 Å². The maximum Gasteiger partial charge on any atom is 0.126 e. The van der Waals surface area contributed by atoms with Gasteiger partial charge in [-0.05, 0) is 48.6 Å². The van der Waals surface area contributed by atoms with Gasteiger partial charge in [0, 0.05) is 10.4 Å². The molecule has 0 N–H and O–H groups in total. The summed E-state index contributed by atoms with van der Waals surface area (Å²) < 4.78 is 12.9. The maximum atomic E-state index is 6.43. The summed E-state index contributed by atoms with van der Waals surface area (Å²) in [4.78, 5) is 0.837. The highest BCUT2D eigenvalue weighted by atomic mass is 32.1. The molecule has 2 rings (SSSR count). The fraction of sp³-hybridized carbons (Fsp3) is 0.583. The third kappa shape index (κ3) is 14.2. The van der Waals surface area contributed by atoms with Crippen LogP contribution in [0.4, 0.5) is 0 Å². The van der Waals surface area contributed by atoms with Gasteiger partial charge in [-0.15, -0.1) is 0 Å². The van der Waals surface area contributed by atoms with E-state index in [2.05, 4.69) is 51.1 Å². The lowest BCUT2D eigenvalue weighted by molar-refractivity contribution is 0.284. The van der Waals surface area contributed by atoms with Gasteiger partial charge in [-0.3, -0.25) is 0 Å². The normalized spacial score (nSPS) is 11.3. The van der Waals surface area contributed by atoms with Crippen LogP contribution in [0.5, 0.6) is 11.5 Å². The van der Waals surface area contributed by atoms with Gasteiger partial charge in [0.25, 0.3) is 0 Å². The number of unbranched alkanes of at least 4 members (excludes halogenated alkanes) is 12. The first-order valence-electron chi connectivity index (χ1n) is 15.9. The minimum Gasteiger partial charge on any atom is -0.493 e. The van der Waals surface area contributed by atoms with Crippen molar-refractivity contribution in [1.29, 1.82) is 0 Å². The zero-order chi connectivity index (χ0) is 28.0. The SMILES string of the molecule is CCCCCCCCCOc1cc(C=CC(=S)c2ccccc2)cc(OCCCCCCCCC)c1CCC. The summed E-state index contributed by atoms with van der Waals surface area (Å²) in [6.45, 7) is 8.29. The molecule has 0 unspecified atom stereocenters. The van der Waals surface area contributed by atoms with E-state index >= 15 is 0 Å². The van der Waals surface area contributed by atoms with Crippen LogP contribution >= 0.6 is 12.2 Å². The molecular formula is C36H54O2S. The Morgan fingerprint density at radius 1 is 0.641 bits per heavy atom. The third-order valence-corrected chi connectivity index (χ3v) is 7.56. The van der Waals surface area contributed by atoms with E-state index in [1.54, 1.807) is 0 Å². The zero-order valence-corrected chi connectivity index (χ0v) is 26.0. The molecular weight excluding hydrogens is 496 g/mol. The summed E-state index contributed by atoms with van der Waals surface area (Å²) in [7, 11) is 0. The fourth-order valence-corrected chi connectivity index (χ4v) is 5.05. The molecule has 216 valence electrons. The Bertz CT molecular complexity index is 893. The number of allylic oxidation sites excluding steroid dienone is 1. The van der Waals surface area contributed by atoms with Crippen LogP contribution in [0, 0.1) is 0 Å². The minimum absolute atomic E-state index is 0.761. The summed E-state index contributed by atoms with van der Waals surface area (Å²) >= 11 is 5.68. The summed E-state index contributed by atoms with van der Waals surface area (Å²) in [6, 6.07) is 14.6. The van der Waals surface area contributed by atoms with Crippen LogP contribution in [-0.4, -0.2) is 18.1 Å². The van der Waals surface area contributed by atoms with E-state index in [1.807, 2.05) is 24.3 Å². The predicted octanol–water partition coefficient (Wildman–Crippen LogP) is 11.3. The van der Waals surface area contributed by atoms with Crippen LogP contribution in [0.25, 0.3) is 6.08 Å². The van der Waals surface area contributed by atoms with Crippen molar-refractivity contribution < 1.29 is 9.47 Å². The highest BCUT2D eigenvalue weighted by Crippen LogP contribution is 2.33. The molecule has 0 amide bonds. The van der Waals surface area contributed by atoms with E-state index in [4.69, 9.17) is 21.7 Å². The van der Waals surface area contributed by atoms with E-state index in [9.17, 15) is 0 Å². The van der Waals surface area contributed by atoms with Gasteiger partial charge in [-0.25, -0.2) is 0 Å². The summed E-state index contributed by atoms with van der Waals surface area (Å²) in [5.41, 5.74) is 3.36. The molecule has 0 heterocycles. The van der Waals surface area contributed by atoms with Crippen molar-refractivity contribution in [2.75, 3.05) is 13.2 Å². The Morgan fingerprint density at radius 3 is 1.62 bits per heavy atom. The van der Waals surface area contributed by atoms with Crippen molar-refractivity contribution in [3.8, 4) is 11.5 Å². The first-order valence-corrected chi connectivity index (χ1v) is 16.3. The van der Waals surface area contributed by atoms with Crippen molar-refractivity contribution in [2.45, 2.75) is 124 Å². The zero-order valence-electron chi connectivity index (χ0n) is 25.1. The smallest absolute Gasteiger partial charge is 0.126 e. The summed E-state index contributed by atoms with van der Waals surface area (Å²) in [5, 5.41) is 0. The first-order chi connectivity index (χ1) is 19.2. The average Bonchev–Trinajstić information content (AvgIpc) is 2.96. The Morgan fingerprint density at radius 2 is 1.13 bits per heavy atom. The monoisotopic (exact) mass is 550 g/mol. The molecule has 0 aromatic heterocycles. The van der Waals surface area contributed by atoms with Crippen molar-refractivity contribution in [2.24, 2.45) is 0 Å². The van der Waals surface area contributed by atoms with Gasteiger partial charge < -0.3 is 9.47 Å². The quantitative estimate of drug-likeness (QED) is 0.0593. The van der Waals surface area contributed by atoms with Crippen molar-refractivity contribution in [3.05, 3.63) is 65.2 Å². The molecule has 0 bridgehead atoms. The second kappa shape index (κ2) is 21.7. The van der Waals surface area contributed by atoms with Crippen molar-refractivity contribution in [3.63, 3.8) is 0 Å². The Hall–Kier alpha value is -2.13. The Kier molecular flexibility index (Phi) is 18.4. The average molecular weight is 551 g/mol. The highest BCUT2D eigenvalue weighted by molar-refractivity contribution is 7.81. The molecule has 0 aliphatic heterocycles. The third-order valence-electron chi connectivity index (χ3n) is 7.19. The lowest BCUT2D eigenvalue weighted by Crippen LogP contribution is -2.05. The number of rotatable bonds is 23. The molecule has 0 spiro atoms. The van der Waals surface area contributed by atoms with E-state index in [0.29, 0.717) is 0 Å². The van der Waals surface area contributed by atoms with Crippen molar-refractivity contribution in [1.82, 2.24) is 0 Å². The second-order valence-corrected chi connectivity index (χ2v) is 11.2. The van der Waals surface area contributed by atoms with Crippen LogP contribution < -0.4 is 9.47 Å². The van der Waals surface area contributed by atoms with E-state index in [0.717, 1.165) is 66.4 Å². The van der Waals surface area contributed by atoms with E-state index < -0.39 is 0 Å². The number of ether oxygens (including phenoxy) is 2. The second-order valence-electron chi connectivity index (χ2n) is 10.7. The number of hydrogen-bond donors (Lipinski definition) is 0. The molecule has 2 aromatic carbocycles. The standard InChI is InChI=1S/C36H54O2S/c1-4-7-9-11-13-15-20-27-37-34-29-31(25-26-36(39)32-23-18-17-19-24-32)30-35(33(34)22-6-3)38-28-21-16-14-12-10-8-5-2/h17-19,23-26,29-30H,4-16,20-22,27-28H2,1-3H3. The van der Waals surface area contributed by atoms with Crippen LogP contribution in [0.2, 0.25) is 0 Å². The van der Waals surface area contributed by atoms with Gasteiger partial charge in [-0.1, -0.05) is 153 Å². The van der Waals surface area contributed by atoms with Gasteiger partial charge in [0.1, 0.15) is 11.5 Å². The van der Waals surface area contributed by atoms with E-state index in [1.165, 1.54) is 82.6 Å². The Labute approximate surface area is 245 Å². The fourth-order valence-electron chi connectivity index (χ4n) is 4.84. The van der Waals surface area contributed by atoms with Gasteiger partial charge in [0.05, 0.1) is 13.2 Å². The highest BCUT2D eigenvalue weighted by Gasteiger charge is 2.13. The topological polar surface area (TPSA) is 18.5 Å². The van der Waals surface area contributed by atoms with Gasteiger partial charge >= 0.3 is 0 Å². The van der Waals surface area contributed by atoms with Gasteiger partial charge in [-0.2, -0.15) is 0 Å². The lowest BCUT2D eigenvalue weighted by atomic mass is 10.0. The van der Waals surface area contributed by atoms with Crippen LogP contribution in [0.1, 0.15) is 134 Å². The van der Waals surface area contributed by atoms with Crippen LogP contribution in [0.3, 0.4) is 0 Å².